The molecule has 4 rings (SSSR count). The van der Waals surface area contributed by atoms with Gasteiger partial charge in [-0.05, 0) is 41.8 Å². The zero-order valence-corrected chi connectivity index (χ0v) is 18.7. The van der Waals surface area contributed by atoms with E-state index in [1.165, 1.54) is 35.6 Å². The summed E-state index contributed by atoms with van der Waals surface area (Å²) >= 11 is 1.46. The summed E-state index contributed by atoms with van der Waals surface area (Å²) in [4.78, 5) is 25.9. The number of hydrogen-bond acceptors (Lipinski definition) is 5. The lowest BCUT2D eigenvalue weighted by molar-refractivity contribution is 0.0847. The van der Waals surface area contributed by atoms with Crippen molar-refractivity contribution in [3.8, 4) is 0 Å². The van der Waals surface area contributed by atoms with Gasteiger partial charge < -0.3 is 4.57 Å². The first-order chi connectivity index (χ1) is 15.3. The van der Waals surface area contributed by atoms with E-state index in [1.807, 2.05) is 53.4 Å². The van der Waals surface area contributed by atoms with Crippen LogP contribution in [0.25, 0.3) is 10.9 Å². The molecule has 2 heterocycles. The van der Waals surface area contributed by atoms with Crippen LogP contribution in [0.4, 0.5) is 0 Å². The Morgan fingerprint density at radius 2 is 1.66 bits per heavy atom. The fourth-order valence-corrected chi connectivity index (χ4v) is 4.97. The molecule has 2 aromatic heterocycles. The second kappa shape index (κ2) is 8.95. The van der Waals surface area contributed by atoms with Crippen molar-refractivity contribution >= 4 is 44.1 Å². The summed E-state index contributed by atoms with van der Waals surface area (Å²) in [5.41, 5.74) is 6.30. The van der Waals surface area contributed by atoms with Crippen molar-refractivity contribution in [1.82, 2.24) is 20.1 Å². The Labute approximate surface area is 188 Å². The van der Waals surface area contributed by atoms with E-state index in [0.717, 1.165) is 15.8 Å². The Hall–Kier alpha value is -3.47. The smallest absolute Gasteiger partial charge is 0.271 e. The lowest BCUT2D eigenvalue weighted by atomic mass is 10.2. The van der Waals surface area contributed by atoms with E-state index in [1.54, 1.807) is 6.20 Å². The van der Waals surface area contributed by atoms with Gasteiger partial charge in [0.25, 0.3) is 11.8 Å². The van der Waals surface area contributed by atoms with Gasteiger partial charge in [0, 0.05) is 41.1 Å². The van der Waals surface area contributed by atoms with Crippen LogP contribution in [-0.4, -0.2) is 24.8 Å². The van der Waals surface area contributed by atoms with Crippen LogP contribution in [0.1, 0.15) is 25.6 Å². The molecule has 0 aliphatic heterocycles. The topological polar surface area (TPSA) is 109 Å². The highest BCUT2D eigenvalue weighted by Gasteiger charge is 2.17. The third kappa shape index (κ3) is 4.57. The van der Waals surface area contributed by atoms with Crippen LogP contribution in [0.5, 0.6) is 0 Å². The highest BCUT2D eigenvalue weighted by Crippen LogP contribution is 2.20. The number of thiophene rings is 1. The minimum atomic E-state index is -3.71. The number of para-hydroxylation sites is 1. The van der Waals surface area contributed by atoms with Crippen LogP contribution < -0.4 is 15.6 Å². The van der Waals surface area contributed by atoms with E-state index in [4.69, 9.17) is 0 Å². The number of sulfonamides is 1. The van der Waals surface area contributed by atoms with E-state index >= 15 is 0 Å². The molecule has 4 aromatic rings. The molecule has 2 amide bonds. The Morgan fingerprint density at radius 1 is 0.938 bits per heavy atom. The highest BCUT2D eigenvalue weighted by molar-refractivity contribution is 7.89. The van der Waals surface area contributed by atoms with Crippen molar-refractivity contribution in [2.45, 2.75) is 11.4 Å². The number of nitrogens with zero attached hydrogens (tertiary/aromatic N) is 1. The minimum Gasteiger partial charge on any atom is -0.350 e. The summed E-state index contributed by atoms with van der Waals surface area (Å²) in [7, 11) is -1.87. The number of hydrazine groups is 1. The number of aryl methyl sites for hydroxylation is 1. The van der Waals surface area contributed by atoms with E-state index < -0.39 is 21.8 Å². The molecule has 0 bridgehead atoms. The van der Waals surface area contributed by atoms with Crippen molar-refractivity contribution < 1.29 is 18.0 Å². The molecule has 10 heteroatoms. The molecular weight excluding hydrogens is 448 g/mol. The maximum absolute atomic E-state index is 12.5. The predicted octanol–water partition coefficient (Wildman–Crippen LogP) is 2.79. The van der Waals surface area contributed by atoms with Gasteiger partial charge in [-0.3, -0.25) is 20.4 Å². The average molecular weight is 469 g/mol. The minimum absolute atomic E-state index is 0.0467. The molecule has 0 saturated heterocycles. The molecule has 0 unspecified atom stereocenters. The largest absolute Gasteiger partial charge is 0.350 e. The molecule has 8 nitrogen and oxygen atoms in total. The zero-order valence-electron chi connectivity index (χ0n) is 17.0. The first-order valence-electron chi connectivity index (χ1n) is 9.62. The van der Waals surface area contributed by atoms with Crippen LogP contribution in [-0.2, 0) is 23.6 Å². The predicted molar refractivity (Wildman–Crippen MR) is 123 cm³/mol. The number of hydrogen-bond donors (Lipinski definition) is 3. The third-order valence-corrected chi connectivity index (χ3v) is 7.17. The highest BCUT2D eigenvalue weighted by atomic mass is 32.2. The molecule has 164 valence electrons. The number of benzene rings is 2. The van der Waals surface area contributed by atoms with Crippen molar-refractivity contribution in [2.75, 3.05) is 0 Å². The molecule has 0 fully saturated rings. The molecule has 0 aliphatic rings. The molecule has 3 N–H and O–H groups in total. The van der Waals surface area contributed by atoms with E-state index in [-0.39, 0.29) is 17.0 Å². The number of carbonyl (C=O) groups excluding carboxylic acids is 2. The number of amides is 2. The SMILES string of the molecule is Cn1cc(C(=O)NNC(=O)c2ccc(S(=O)(=O)NCc3cccs3)cc2)c2ccccc21. The van der Waals surface area contributed by atoms with Crippen molar-refractivity contribution in [3.05, 3.63) is 88.2 Å². The van der Waals surface area contributed by atoms with Gasteiger partial charge in [0.15, 0.2) is 0 Å². The number of fused-ring (bicyclic) bond motifs is 1. The van der Waals surface area contributed by atoms with Crippen LogP contribution in [0.15, 0.2) is 77.1 Å². The van der Waals surface area contributed by atoms with Crippen molar-refractivity contribution in [3.63, 3.8) is 0 Å². The van der Waals surface area contributed by atoms with Crippen LogP contribution in [0.2, 0.25) is 0 Å². The molecule has 32 heavy (non-hydrogen) atoms. The summed E-state index contributed by atoms with van der Waals surface area (Å²) in [6, 6.07) is 16.6. The van der Waals surface area contributed by atoms with Gasteiger partial charge in [-0.25, -0.2) is 13.1 Å². The molecule has 0 atom stereocenters. The monoisotopic (exact) mass is 468 g/mol. The first-order valence-corrected chi connectivity index (χ1v) is 12.0. The summed E-state index contributed by atoms with van der Waals surface area (Å²) < 4.78 is 29.2. The Morgan fingerprint density at radius 3 is 2.38 bits per heavy atom. The van der Waals surface area contributed by atoms with Crippen LogP contribution in [0, 0.1) is 0 Å². The lowest BCUT2D eigenvalue weighted by Gasteiger charge is -2.09. The van der Waals surface area contributed by atoms with Gasteiger partial charge in [0.05, 0.1) is 10.5 Å². The quantitative estimate of drug-likeness (QED) is 0.378. The van der Waals surface area contributed by atoms with E-state index in [2.05, 4.69) is 15.6 Å². The van der Waals surface area contributed by atoms with E-state index in [9.17, 15) is 18.0 Å². The normalized spacial score (nSPS) is 11.4. The van der Waals surface area contributed by atoms with Crippen LogP contribution in [0.3, 0.4) is 0 Å². The summed E-state index contributed by atoms with van der Waals surface area (Å²) in [6.07, 6.45) is 1.69. The van der Waals surface area contributed by atoms with E-state index in [0.29, 0.717) is 5.56 Å². The molecule has 0 aliphatic carbocycles. The van der Waals surface area contributed by atoms with Gasteiger partial charge in [-0.2, -0.15) is 0 Å². The summed E-state index contributed by atoms with van der Waals surface area (Å²) in [5.74, 6) is -1.01. The molecule has 0 radical (unpaired) electrons. The van der Waals surface area contributed by atoms with Gasteiger partial charge in [-0.15, -0.1) is 11.3 Å². The van der Waals surface area contributed by atoms with Crippen molar-refractivity contribution in [1.29, 1.82) is 0 Å². The van der Waals surface area contributed by atoms with Crippen molar-refractivity contribution in [2.24, 2.45) is 7.05 Å². The summed E-state index contributed by atoms with van der Waals surface area (Å²) in [5, 5.41) is 2.64. The third-order valence-electron chi connectivity index (χ3n) is 4.87. The lowest BCUT2D eigenvalue weighted by Crippen LogP contribution is -2.41. The number of rotatable bonds is 6. The fraction of sp³-hybridized carbons (Fsp3) is 0.0909. The Bertz CT molecular complexity index is 1380. The number of carbonyl (C=O) groups is 2. The average Bonchev–Trinajstić information content (AvgIpc) is 3.44. The standard InChI is InChI=1S/C22H20N4O4S2/c1-26-14-19(18-6-2-3-7-20(18)26)22(28)25-24-21(27)15-8-10-17(11-9-15)32(29,30)23-13-16-5-4-12-31-16/h2-12,14,23H,13H2,1H3,(H,24,27)(H,25,28). The van der Waals surface area contributed by atoms with Gasteiger partial charge in [-0.1, -0.05) is 24.3 Å². The van der Waals surface area contributed by atoms with Gasteiger partial charge in [0.1, 0.15) is 0 Å². The molecular formula is C22H20N4O4S2. The fourth-order valence-electron chi connectivity index (χ4n) is 3.22. The van der Waals surface area contributed by atoms with Gasteiger partial charge >= 0.3 is 0 Å². The molecule has 0 spiro atoms. The molecule has 2 aromatic carbocycles. The Balaban J connectivity index is 1.39. The van der Waals surface area contributed by atoms with Crippen LogP contribution >= 0.6 is 11.3 Å². The van der Waals surface area contributed by atoms with Gasteiger partial charge in [0.2, 0.25) is 10.0 Å². The molecule has 0 saturated carbocycles. The zero-order chi connectivity index (χ0) is 22.7. The first kappa shape index (κ1) is 21.8. The maximum atomic E-state index is 12.5. The number of nitrogens with one attached hydrogen (secondary N) is 3. The Kier molecular flexibility index (Phi) is 6.08. The maximum Gasteiger partial charge on any atom is 0.271 e. The second-order valence-corrected chi connectivity index (χ2v) is 9.81. The summed E-state index contributed by atoms with van der Waals surface area (Å²) in [6.45, 7) is 0.197. The number of aromatic nitrogens is 1. The second-order valence-electron chi connectivity index (χ2n) is 7.01.